The highest BCUT2D eigenvalue weighted by atomic mass is 35.5. The van der Waals surface area contributed by atoms with E-state index in [4.69, 9.17) is 33.7 Å². The average Bonchev–Trinajstić information content (AvgIpc) is 2.82. The summed E-state index contributed by atoms with van der Waals surface area (Å²) in [4.78, 5) is 17.4. The van der Waals surface area contributed by atoms with Gasteiger partial charge in [0.1, 0.15) is 5.75 Å². The number of nitrogens with two attached hydrogens (primary N) is 1. The summed E-state index contributed by atoms with van der Waals surface area (Å²) in [6.45, 7) is 2.67. The second-order valence-electron chi connectivity index (χ2n) is 7.77. The minimum Gasteiger partial charge on any atom is -0.496 e. The Balaban J connectivity index is 1.54. The van der Waals surface area contributed by atoms with Crippen molar-refractivity contribution in [3.8, 4) is 5.75 Å². The Bertz CT molecular complexity index is 1080. The lowest BCUT2D eigenvalue weighted by molar-refractivity contribution is 0.0594. The molecule has 3 aromatic carbocycles. The van der Waals surface area contributed by atoms with Crippen LogP contribution in [0.15, 0.2) is 66.7 Å². The predicted octanol–water partition coefficient (Wildman–Crippen LogP) is 5.13. The number of rotatable bonds is 5. The second-order valence-corrected chi connectivity index (χ2v) is 8.61. The van der Waals surface area contributed by atoms with Gasteiger partial charge >= 0.3 is 0 Å². The molecule has 4 rings (SSSR count). The van der Waals surface area contributed by atoms with Crippen LogP contribution < -0.4 is 10.5 Å². The highest BCUT2D eigenvalue weighted by Crippen LogP contribution is 2.32. The second kappa shape index (κ2) is 9.82. The molecule has 0 aromatic heterocycles. The van der Waals surface area contributed by atoms with E-state index >= 15 is 0 Å². The summed E-state index contributed by atoms with van der Waals surface area (Å²) in [5.74, 6) is 0.328. The minimum absolute atomic E-state index is 0.0891. The topological polar surface area (TPSA) is 58.8 Å². The van der Waals surface area contributed by atoms with Gasteiger partial charge in [0.25, 0.3) is 5.91 Å². The van der Waals surface area contributed by atoms with E-state index in [1.807, 2.05) is 23.1 Å². The number of ether oxygens (including phenoxy) is 1. The zero-order valence-electron chi connectivity index (χ0n) is 17.8. The van der Waals surface area contributed by atoms with Crippen molar-refractivity contribution in [2.75, 3.05) is 39.0 Å². The highest BCUT2D eigenvalue weighted by molar-refractivity contribution is 6.33. The Hall–Kier alpha value is -2.73. The molecule has 1 heterocycles. The molecule has 1 aliphatic heterocycles. The van der Waals surface area contributed by atoms with E-state index < -0.39 is 0 Å². The quantitative estimate of drug-likeness (QED) is 0.526. The third-order valence-electron chi connectivity index (χ3n) is 5.82. The number of halogens is 2. The molecule has 5 nitrogen and oxygen atoms in total. The van der Waals surface area contributed by atoms with Gasteiger partial charge in [0.15, 0.2) is 0 Å². The third kappa shape index (κ3) is 4.70. The molecule has 2 N–H and O–H groups in total. The summed E-state index contributed by atoms with van der Waals surface area (Å²) in [5, 5.41) is 1.06. The van der Waals surface area contributed by atoms with Crippen LogP contribution in [-0.2, 0) is 0 Å². The lowest BCUT2D eigenvalue weighted by Gasteiger charge is -2.40. The van der Waals surface area contributed by atoms with Crippen molar-refractivity contribution in [2.45, 2.75) is 6.04 Å². The molecule has 0 radical (unpaired) electrons. The molecule has 1 aliphatic rings. The van der Waals surface area contributed by atoms with Gasteiger partial charge in [0.2, 0.25) is 0 Å². The van der Waals surface area contributed by atoms with E-state index in [0.29, 0.717) is 40.1 Å². The van der Waals surface area contributed by atoms with Crippen LogP contribution in [0.3, 0.4) is 0 Å². The van der Waals surface area contributed by atoms with Crippen LogP contribution in [0.4, 0.5) is 5.69 Å². The molecule has 0 aliphatic carbocycles. The van der Waals surface area contributed by atoms with E-state index in [9.17, 15) is 4.79 Å². The van der Waals surface area contributed by atoms with Crippen LogP contribution in [0, 0.1) is 0 Å². The number of amides is 1. The molecular weight excluding hydrogens is 445 g/mol. The van der Waals surface area contributed by atoms with Crippen molar-refractivity contribution in [2.24, 2.45) is 0 Å². The Morgan fingerprint density at radius 2 is 1.56 bits per heavy atom. The van der Waals surface area contributed by atoms with Crippen molar-refractivity contribution in [3.05, 3.63) is 93.5 Å². The van der Waals surface area contributed by atoms with Crippen molar-refractivity contribution >= 4 is 34.8 Å². The van der Waals surface area contributed by atoms with Gasteiger partial charge in [-0.3, -0.25) is 9.69 Å². The fourth-order valence-corrected chi connectivity index (χ4v) is 4.44. The van der Waals surface area contributed by atoms with Crippen LogP contribution in [0.2, 0.25) is 10.0 Å². The Morgan fingerprint density at radius 1 is 0.938 bits per heavy atom. The van der Waals surface area contributed by atoms with E-state index in [1.54, 1.807) is 12.1 Å². The molecule has 32 heavy (non-hydrogen) atoms. The molecule has 1 saturated heterocycles. The standard InChI is InChI=1S/C25H25Cl2N3O2/c1-32-23-16-22(28)21(27)15-20(23)25(31)30-13-11-29(12-14-30)24(17-5-3-2-4-6-17)18-7-9-19(26)10-8-18/h2-10,15-16,24H,11-14,28H2,1H3. The molecule has 166 valence electrons. The Labute approximate surface area is 198 Å². The smallest absolute Gasteiger partial charge is 0.257 e. The van der Waals surface area contributed by atoms with Crippen LogP contribution in [0.5, 0.6) is 5.75 Å². The van der Waals surface area contributed by atoms with Crippen LogP contribution in [-0.4, -0.2) is 49.0 Å². The summed E-state index contributed by atoms with van der Waals surface area (Å²) in [6, 6.07) is 21.6. The van der Waals surface area contributed by atoms with E-state index in [0.717, 1.165) is 13.1 Å². The molecule has 3 aromatic rings. The third-order valence-corrected chi connectivity index (χ3v) is 6.40. The van der Waals surface area contributed by atoms with Gasteiger partial charge in [-0.05, 0) is 29.3 Å². The van der Waals surface area contributed by atoms with Gasteiger partial charge in [-0.25, -0.2) is 0 Å². The molecule has 0 bridgehead atoms. The highest BCUT2D eigenvalue weighted by Gasteiger charge is 2.29. The summed E-state index contributed by atoms with van der Waals surface area (Å²) < 4.78 is 5.37. The summed E-state index contributed by atoms with van der Waals surface area (Å²) in [7, 11) is 1.52. The van der Waals surface area contributed by atoms with E-state index in [2.05, 4.69) is 41.3 Å². The predicted molar refractivity (Wildman–Crippen MR) is 130 cm³/mol. The van der Waals surface area contributed by atoms with Crippen molar-refractivity contribution in [3.63, 3.8) is 0 Å². The van der Waals surface area contributed by atoms with E-state index in [-0.39, 0.29) is 11.9 Å². The van der Waals surface area contributed by atoms with Gasteiger partial charge in [-0.15, -0.1) is 0 Å². The van der Waals surface area contributed by atoms with Gasteiger partial charge < -0.3 is 15.4 Å². The maximum atomic E-state index is 13.2. The average molecular weight is 470 g/mol. The normalized spacial score (nSPS) is 15.4. The zero-order valence-corrected chi connectivity index (χ0v) is 19.3. The summed E-state index contributed by atoms with van der Waals surface area (Å²) in [5.41, 5.74) is 9.06. The number of piperazine rings is 1. The van der Waals surface area contributed by atoms with Crippen LogP contribution in [0.1, 0.15) is 27.5 Å². The van der Waals surface area contributed by atoms with Gasteiger partial charge in [0, 0.05) is 37.3 Å². The van der Waals surface area contributed by atoms with E-state index in [1.165, 1.54) is 18.2 Å². The molecule has 0 spiro atoms. The van der Waals surface area contributed by atoms with Crippen molar-refractivity contribution in [1.82, 2.24) is 9.80 Å². The number of methoxy groups -OCH3 is 1. The lowest BCUT2D eigenvalue weighted by atomic mass is 9.96. The molecule has 1 unspecified atom stereocenters. The van der Waals surface area contributed by atoms with Gasteiger partial charge in [0.05, 0.1) is 29.4 Å². The molecule has 7 heteroatoms. The van der Waals surface area contributed by atoms with Crippen molar-refractivity contribution in [1.29, 1.82) is 0 Å². The number of carbonyl (C=O) groups is 1. The van der Waals surface area contributed by atoms with Crippen molar-refractivity contribution < 1.29 is 9.53 Å². The largest absolute Gasteiger partial charge is 0.496 e. The number of nitrogens with zero attached hydrogens (tertiary/aromatic N) is 2. The Kier molecular flexibility index (Phi) is 6.89. The molecule has 0 saturated carbocycles. The first kappa shape index (κ1) is 22.5. The fraction of sp³-hybridized carbons (Fsp3) is 0.240. The Morgan fingerprint density at radius 3 is 2.19 bits per heavy atom. The minimum atomic E-state index is -0.105. The maximum Gasteiger partial charge on any atom is 0.257 e. The fourth-order valence-electron chi connectivity index (χ4n) is 4.15. The van der Waals surface area contributed by atoms with Gasteiger partial charge in [-0.1, -0.05) is 65.7 Å². The SMILES string of the molecule is COc1cc(N)c(Cl)cc1C(=O)N1CCN(C(c2ccccc2)c2ccc(Cl)cc2)CC1. The monoisotopic (exact) mass is 469 g/mol. The number of anilines is 1. The number of hydrogen-bond acceptors (Lipinski definition) is 4. The molecule has 1 fully saturated rings. The first-order valence-corrected chi connectivity index (χ1v) is 11.2. The van der Waals surface area contributed by atoms with Crippen LogP contribution in [0.25, 0.3) is 0 Å². The number of carbonyl (C=O) groups excluding carboxylic acids is 1. The summed E-state index contributed by atoms with van der Waals surface area (Å²) >= 11 is 12.3. The van der Waals surface area contributed by atoms with Gasteiger partial charge in [-0.2, -0.15) is 0 Å². The van der Waals surface area contributed by atoms with Crippen LogP contribution >= 0.6 is 23.2 Å². The first-order valence-electron chi connectivity index (χ1n) is 10.4. The number of benzene rings is 3. The summed E-state index contributed by atoms with van der Waals surface area (Å²) in [6.07, 6.45) is 0. The molecule has 1 atom stereocenters. The first-order chi connectivity index (χ1) is 15.5. The zero-order chi connectivity index (χ0) is 22.7. The lowest BCUT2D eigenvalue weighted by Crippen LogP contribution is -2.49. The number of nitrogen functional groups attached to an aromatic ring is 1. The number of hydrogen-bond donors (Lipinski definition) is 1. The molecule has 1 amide bonds. The molecular formula is C25H25Cl2N3O2. The maximum absolute atomic E-state index is 13.2.